The summed E-state index contributed by atoms with van der Waals surface area (Å²) in [5, 5.41) is 4.97. The Kier molecular flexibility index (Phi) is 11.4. The number of unbranched alkanes of at least 4 members (excludes halogenated alkanes) is 1. The molecule has 10 nitrogen and oxygen atoms in total. The number of carbonyl (C=O) groups is 5. The zero-order valence-electron chi connectivity index (χ0n) is 14.6. The number of nitrogens with one attached hydrogen (secondary N) is 2. The molecule has 1 unspecified atom stereocenters. The van der Waals surface area contributed by atoms with E-state index in [-0.39, 0.29) is 13.0 Å². The second-order valence-corrected chi connectivity index (χ2v) is 5.05. The summed E-state index contributed by atoms with van der Waals surface area (Å²) >= 11 is 0. The third-order valence-corrected chi connectivity index (χ3v) is 2.88. The lowest BCUT2D eigenvalue weighted by molar-refractivity contribution is -0.149. The summed E-state index contributed by atoms with van der Waals surface area (Å²) in [6, 6.07) is -0.871. The van der Waals surface area contributed by atoms with Crippen LogP contribution in [0.15, 0.2) is 0 Å². The topological polar surface area (TPSA) is 137 Å². The van der Waals surface area contributed by atoms with Crippen molar-refractivity contribution in [2.24, 2.45) is 0 Å². The minimum Gasteiger partial charge on any atom is -0.467 e. The fourth-order valence-corrected chi connectivity index (χ4v) is 1.71. The number of esters is 3. The Hall–Kier alpha value is -2.65. The van der Waals surface area contributed by atoms with Crippen molar-refractivity contribution < 1.29 is 38.2 Å². The number of hydrogen-bond donors (Lipinski definition) is 2. The molecule has 25 heavy (non-hydrogen) atoms. The van der Waals surface area contributed by atoms with Gasteiger partial charge in [-0.15, -0.1) is 0 Å². The quantitative estimate of drug-likeness (QED) is 0.273. The number of carbonyl (C=O) groups excluding carboxylic acids is 5. The maximum Gasteiger partial charge on any atom is 0.328 e. The second kappa shape index (κ2) is 12.7. The molecule has 0 aromatic carbocycles. The Labute approximate surface area is 145 Å². The predicted octanol–water partition coefficient (Wildman–Crippen LogP) is -0.943. The third-order valence-electron chi connectivity index (χ3n) is 2.88. The minimum absolute atomic E-state index is 0.290. The SMILES string of the molecule is COC(=O)C(CCCCNC(=O)COC(C)=O)NC(=O)COC(C)=O. The third kappa shape index (κ3) is 12.4. The van der Waals surface area contributed by atoms with Gasteiger partial charge in [0.2, 0.25) is 0 Å². The maximum absolute atomic E-state index is 11.6. The smallest absolute Gasteiger partial charge is 0.328 e. The van der Waals surface area contributed by atoms with E-state index in [2.05, 4.69) is 24.8 Å². The molecule has 2 amide bonds. The molecule has 0 bridgehead atoms. The maximum atomic E-state index is 11.6. The van der Waals surface area contributed by atoms with Crippen LogP contribution < -0.4 is 10.6 Å². The van der Waals surface area contributed by atoms with E-state index >= 15 is 0 Å². The summed E-state index contributed by atoms with van der Waals surface area (Å²) in [6.45, 7) is 1.88. The van der Waals surface area contributed by atoms with Crippen LogP contribution >= 0.6 is 0 Å². The highest BCUT2D eigenvalue weighted by Crippen LogP contribution is 2.03. The summed E-state index contributed by atoms with van der Waals surface area (Å²) in [4.78, 5) is 55.7. The van der Waals surface area contributed by atoms with Crippen molar-refractivity contribution >= 4 is 29.7 Å². The van der Waals surface area contributed by atoms with E-state index in [1.165, 1.54) is 21.0 Å². The molecule has 0 aromatic rings. The van der Waals surface area contributed by atoms with Gasteiger partial charge >= 0.3 is 17.9 Å². The first kappa shape index (κ1) is 22.4. The molecule has 2 N–H and O–H groups in total. The first-order valence-corrected chi connectivity index (χ1v) is 7.66. The first-order valence-electron chi connectivity index (χ1n) is 7.66. The minimum atomic E-state index is -0.871. The zero-order valence-corrected chi connectivity index (χ0v) is 14.6. The van der Waals surface area contributed by atoms with Gasteiger partial charge in [-0.1, -0.05) is 0 Å². The standard InChI is InChI=1S/C15H24N2O8/c1-10(18)24-8-13(20)16-7-5-4-6-12(15(22)23-3)17-14(21)9-25-11(2)19/h12H,4-9H2,1-3H3,(H,16,20)(H,17,21). The van der Waals surface area contributed by atoms with Gasteiger partial charge in [0.15, 0.2) is 13.2 Å². The molecule has 142 valence electrons. The fourth-order valence-electron chi connectivity index (χ4n) is 1.71. The Balaban J connectivity index is 4.09. The highest BCUT2D eigenvalue weighted by molar-refractivity contribution is 5.86. The van der Waals surface area contributed by atoms with Gasteiger partial charge in [0.05, 0.1) is 7.11 Å². The van der Waals surface area contributed by atoms with Crippen LogP contribution in [0.2, 0.25) is 0 Å². The predicted molar refractivity (Wildman–Crippen MR) is 84.1 cm³/mol. The Morgan fingerprint density at radius 2 is 1.44 bits per heavy atom. The average Bonchev–Trinajstić information content (AvgIpc) is 2.55. The fraction of sp³-hybridized carbons (Fsp3) is 0.667. The molecule has 10 heteroatoms. The second-order valence-electron chi connectivity index (χ2n) is 5.05. The van der Waals surface area contributed by atoms with E-state index in [1.54, 1.807) is 0 Å². The molecule has 0 heterocycles. The van der Waals surface area contributed by atoms with E-state index in [0.717, 1.165) is 0 Å². The van der Waals surface area contributed by atoms with Crippen LogP contribution in [0.4, 0.5) is 0 Å². The summed E-state index contributed by atoms with van der Waals surface area (Å²) in [5.41, 5.74) is 0. The van der Waals surface area contributed by atoms with Crippen molar-refractivity contribution in [3.8, 4) is 0 Å². The first-order chi connectivity index (χ1) is 11.8. The molecule has 0 aliphatic rings. The van der Waals surface area contributed by atoms with Crippen molar-refractivity contribution in [2.45, 2.75) is 39.2 Å². The summed E-state index contributed by atoms with van der Waals surface area (Å²) in [7, 11) is 1.20. The number of rotatable bonds is 11. The molecule has 0 aliphatic carbocycles. The molecule has 0 spiro atoms. The Morgan fingerprint density at radius 3 is 1.96 bits per heavy atom. The van der Waals surface area contributed by atoms with Gasteiger partial charge in [0, 0.05) is 20.4 Å². The van der Waals surface area contributed by atoms with Crippen LogP contribution in [0, 0.1) is 0 Å². The van der Waals surface area contributed by atoms with Crippen LogP contribution in [0.25, 0.3) is 0 Å². The molecule has 0 radical (unpaired) electrons. The zero-order chi connectivity index (χ0) is 19.2. The number of hydrogen-bond acceptors (Lipinski definition) is 8. The van der Waals surface area contributed by atoms with Gasteiger partial charge in [-0.25, -0.2) is 4.79 Å². The van der Waals surface area contributed by atoms with E-state index in [9.17, 15) is 24.0 Å². The van der Waals surface area contributed by atoms with Gasteiger partial charge in [-0.3, -0.25) is 19.2 Å². The summed E-state index contributed by atoms with van der Waals surface area (Å²) in [6.07, 6.45) is 1.35. The highest BCUT2D eigenvalue weighted by Gasteiger charge is 2.21. The lowest BCUT2D eigenvalue weighted by Crippen LogP contribution is -2.43. The lowest BCUT2D eigenvalue weighted by Gasteiger charge is -2.16. The molecule has 0 rings (SSSR count). The molecule has 0 saturated carbocycles. The lowest BCUT2D eigenvalue weighted by atomic mass is 10.1. The van der Waals surface area contributed by atoms with Gasteiger partial charge < -0.3 is 24.8 Å². The highest BCUT2D eigenvalue weighted by atomic mass is 16.5. The monoisotopic (exact) mass is 360 g/mol. The van der Waals surface area contributed by atoms with Crippen molar-refractivity contribution in [3.63, 3.8) is 0 Å². The van der Waals surface area contributed by atoms with Crippen LogP contribution in [0.5, 0.6) is 0 Å². The molecular formula is C15H24N2O8. The molecule has 1 atom stereocenters. The van der Waals surface area contributed by atoms with E-state index in [1.807, 2.05) is 0 Å². The van der Waals surface area contributed by atoms with Crippen LogP contribution in [-0.4, -0.2) is 62.6 Å². The summed E-state index contributed by atoms with van der Waals surface area (Å²) in [5.74, 6) is -2.79. The van der Waals surface area contributed by atoms with Crippen LogP contribution in [0.3, 0.4) is 0 Å². The van der Waals surface area contributed by atoms with Crippen molar-refractivity contribution in [1.29, 1.82) is 0 Å². The van der Waals surface area contributed by atoms with E-state index in [4.69, 9.17) is 0 Å². The molecule has 0 aromatic heterocycles. The molecular weight excluding hydrogens is 336 g/mol. The van der Waals surface area contributed by atoms with Crippen molar-refractivity contribution in [2.75, 3.05) is 26.9 Å². The normalized spacial score (nSPS) is 11.0. The molecule has 0 aliphatic heterocycles. The van der Waals surface area contributed by atoms with Gasteiger partial charge in [0.1, 0.15) is 6.04 Å². The molecule has 0 fully saturated rings. The van der Waals surface area contributed by atoms with Gasteiger partial charge in [0.25, 0.3) is 11.8 Å². The largest absolute Gasteiger partial charge is 0.467 e. The van der Waals surface area contributed by atoms with Crippen LogP contribution in [-0.2, 0) is 38.2 Å². The molecule has 0 saturated heterocycles. The Morgan fingerprint density at radius 1 is 0.880 bits per heavy atom. The van der Waals surface area contributed by atoms with Crippen molar-refractivity contribution in [1.82, 2.24) is 10.6 Å². The number of ether oxygens (including phenoxy) is 3. The average molecular weight is 360 g/mol. The van der Waals surface area contributed by atoms with E-state index < -0.39 is 42.4 Å². The number of amides is 2. The van der Waals surface area contributed by atoms with Gasteiger partial charge in [-0.05, 0) is 19.3 Å². The summed E-state index contributed by atoms with van der Waals surface area (Å²) < 4.78 is 13.7. The number of methoxy groups -OCH3 is 1. The van der Waals surface area contributed by atoms with Crippen molar-refractivity contribution in [3.05, 3.63) is 0 Å². The van der Waals surface area contributed by atoms with Gasteiger partial charge in [-0.2, -0.15) is 0 Å². The Bertz CT molecular complexity index is 492. The van der Waals surface area contributed by atoms with E-state index in [0.29, 0.717) is 19.4 Å². The van der Waals surface area contributed by atoms with Crippen LogP contribution in [0.1, 0.15) is 33.1 Å².